The number of anilines is 1. The van der Waals surface area contributed by atoms with Crippen LogP contribution in [0.5, 0.6) is 0 Å². The van der Waals surface area contributed by atoms with E-state index in [2.05, 4.69) is 15.4 Å². The lowest BCUT2D eigenvalue weighted by molar-refractivity contribution is -0.135. The summed E-state index contributed by atoms with van der Waals surface area (Å²) in [5.74, 6) is -0.474. The Morgan fingerprint density at radius 1 is 1.42 bits per heavy atom. The second-order valence-electron chi connectivity index (χ2n) is 3.92. The van der Waals surface area contributed by atoms with Crippen molar-refractivity contribution in [2.45, 2.75) is 6.54 Å². The Labute approximate surface area is 114 Å². The van der Waals surface area contributed by atoms with Crippen LogP contribution in [0.2, 0.25) is 5.02 Å². The van der Waals surface area contributed by atoms with E-state index in [9.17, 15) is 4.79 Å². The van der Waals surface area contributed by atoms with Gasteiger partial charge in [-0.1, -0.05) is 11.6 Å². The first kappa shape index (κ1) is 13.3. The SMILES string of the molecule is Cn1nnc(CN(CC(=O)O)c2ccc(Cl)cc2)n1. The standard InChI is InChI=1S/C11H12ClN5O2/c1-16-14-10(13-15-16)6-17(7-11(18)19)9-4-2-8(12)3-5-9/h2-5H,6-7H2,1H3,(H,18,19). The third kappa shape index (κ3) is 3.65. The zero-order valence-electron chi connectivity index (χ0n) is 10.2. The van der Waals surface area contributed by atoms with E-state index in [-0.39, 0.29) is 13.1 Å². The summed E-state index contributed by atoms with van der Waals surface area (Å²) in [6.45, 7) is 0.113. The van der Waals surface area contributed by atoms with Crippen LogP contribution >= 0.6 is 11.6 Å². The molecule has 0 unspecified atom stereocenters. The number of tetrazole rings is 1. The minimum Gasteiger partial charge on any atom is -0.480 e. The van der Waals surface area contributed by atoms with Crippen molar-refractivity contribution in [2.24, 2.45) is 7.05 Å². The molecule has 1 N–H and O–H groups in total. The number of carboxylic acid groups (broad SMARTS) is 1. The van der Waals surface area contributed by atoms with Gasteiger partial charge in [-0.2, -0.15) is 4.80 Å². The predicted molar refractivity (Wildman–Crippen MR) is 68.9 cm³/mol. The maximum absolute atomic E-state index is 10.9. The summed E-state index contributed by atoms with van der Waals surface area (Å²) < 4.78 is 0. The number of benzene rings is 1. The van der Waals surface area contributed by atoms with E-state index < -0.39 is 5.97 Å². The molecule has 7 nitrogen and oxygen atoms in total. The first-order valence-corrected chi connectivity index (χ1v) is 5.87. The number of rotatable bonds is 5. The Hall–Kier alpha value is -2.15. The predicted octanol–water partition coefficient (Wildman–Crippen LogP) is 0.955. The molecule has 100 valence electrons. The minimum atomic E-state index is -0.932. The smallest absolute Gasteiger partial charge is 0.323 e. The molecular formula is C11H12ClN5O2. The minimum absolute atomic E-state index is 0.153. The van der Waals surface area contributed by atoms with E-state index >= 15 is 0 Å². The molecule has 1 heterocycles. The summed E-state index contributed by atoms with van der Waals surface area (Å²) in [4.78, 5) is 13.9. The maximum atomic E-state index is 10.9. The fourth-order valence-corrected chi connectivity index (χ4v) is 1.74. The average molecular weight is 282 g/mol. The third-order valence-corrected chi connectivity index (χ3v) is 2.65. The number of aromatic nitrogens is 4. The molecule has 0 aliphatic heterocycles. The Bertz CT molecular complexity index is 569. The van der Waals surface area contributed by atoms with Gasteiger partial charge in [0.2, 0.25) is 0 Å². The molecule has 0 radical (unpaired) electrons. The largest absolute Gasteiger partial charge is 0.480 e. The van der Waals surface area contributed by atoms with Crippen molar-refractivity contribution in [2.75, 3.05) is 11.4 Å². The monoisotopic (exact) mass is 281 g/mol. The van der Waals surface area contributed by atoms with Gasteiger partial charge in [-0.05, 0) is 29.5 Å². The number of halogens is 1. The van der Waals surface area contributed by atoms with Gasteiger partial charge < -0.3 is 10.0 Å². The van der Waals surface area contributed by atoms with E-state index in [4.69, 9.17) is 16.7 Å². The highest BCUT2D eigenvalue weighted by atomic mass is 35.5. The van der Waals surface area contributed by atoms with Gasteiger partial charge in [-0.15, -0.1) is 10.2 Å². The Balaban J connectivity index is 2.20. The van der Waals surface area contributed by atoms with E-state index in [1.807, 2.05) is 0 Å². The zero-order chi connectivity index (χ0) is 13.8. The van der Waals surface area contributed by atoms with Crippen LogP contribution < -0.4 is 4.90 Å². The van der Waals surface area contributed by atoms with Crippen molar-refractivity contribution in [3.8, 4) is 0 Å². The number of aliphatic carboxylic acids is 1. The number of nitrogens with zero attached hydrogens (tertiary/aromatic N) is 5. The van der Waals surface area contributed by atoms with Gasteiger partial charge in [0, 0.05) is 10.7 Å². The lowest BCUT2D eigenvalue weighted by Gasteiger charge is -2.21. The fourth-order valence-electron chi connectivity index (χ4n) is 1.61. The van der Waals surface area contributed by atoms with Crippen LogP contribution in [0.4, 0.5) is 5.69 Å². The summed E-state index contributed by atoms with van der Waals surface area (Å²) in [6.07, 6.45) is 0. The van der Waals surface area contributed by atoms with E-state index in [1.54, 1.807) is 36.2 Å². The van der Waals surface area contributed by atoms with Crippen LogP contribution in [0.1, 0.15) is 5.82 Å². The lowest BCUT2D eigenvalue weighted by atomic mass is 10.3. The molecular weight excluding hydrogens is 270 g/mol. The van der Waals surface area contributed by atoms with Crippen LogP contribution in [-0.2, 0) is 18.4 Å². The van der Waals surface area contributed by atoms with E-state index in [0.717, 1.165) is 5.69 Å². The van der Waals surface area contributed by atoms with Crippen molar-refractivity contribution in [1.29, 1.82) is 0 Å². The molecule has 0 bridgehead atoms. The van der Waals surface area contributed by atoms with Gasteiger partial charge >= 0.3 is 5.97 Å². The van der Waals surface area contributed by atoms with Crippen LogP contribution in [0.25, 0.3) is 0 Å². The van der Waals surface area contributed by atoms with E-state index in [1.165, 1.54) is 4.80 Å². The number of hydrogen-bond acceptors (Lipinski definition) is 5. The van der Waals surface area contributed by atoms with Gasteiger partial charge in [0.25, 0.3) is 0 Å². The van der Waals surface area contributed by atoms with Crippen molar-refractivity contribution >= 4 is 23.3 Å². The van der Waals surface area contributed by atoms with Crippen LogP contribution in [0.15, 0.2) is 24.3 Å². The Kier molecular flexibility index (Phi) is 3.96. The summed E-state index contributed by atoms with van der Waals surface area (Å²) >= 11 is 5.81. The molecule has 0 aliphatic rings. The highest BCUT2D eigenvalue weighted by molar-refractivity contribution is 6.30. The van der Waals surface area contributed by atoms with Crippen molar-refractivity contribution in [1.82, 2.24) is 20.2 Å². The van der Waals surface area contributed by atoms with Gasteiger partial charge in [-0.3, -0.25) is 4.79 Å². The molecule has 19 heavy (non-hydrogen) atoms. The zero-order valence-corrected chi connectivity index (χ0v) is 10.9. The van der Waals surface area contributed by atoms with Gasteiger partial charge in [0.1, 0.15) is 6.54 Å². The number of carboxylic acids is 1. The number of carbonyl (C=O) groups is 1. The Morgan fingerprint density at radius 3 is 2.63 bits per heavy atom. The fraction of sp³-hybridized carbons (Fsp3) is 0.273. The van der Waals surface area contributed by atoms with Crippen LogP contribution in [0, 0.1) is 0 Å². The molecule has 0 spiro atoms. The summed E-state index contributed by atoms with van der Waals surface area (Å²) in [6, 6.07) is 6.91. The normalized spacial score (nSPS) is 10.4. The molecule has 0 aliphatic carbocycles. The topological polar surface area (TPSA) is 84.1 Å². The van der Waals surface area contributed by atoms with Gasteiger partial charge in [0.05, 0.1) is 13.6 Å². The second-order valence-corrected chi connectivity index (χ2v) is 4.36. The number of aryl methyl sites for hydroxylation is 1. The first-order valence-electron chi connectivity index (χ1n) is 5.50. The quantitative estimate of drug-likeness (QED) is 0.878. The van der Waals surface area contributed by atoms with Crippen LogP contribution in [-0.4, -0.2) is 37.8 Å². The summed E-state index contributed by atoms with van der Waals surface area (Å²) in [5.41, 5.74) is 0.735. The van der Waals surface area contributed by atoms with Crippen molar-refractivity contribution < 1.29 is 9.90 Å². The number of hydrogen-bond donors (Lipinski definition) is 1. The average Bonchev–Trinajstić information content (AvgIpc) is 2.74. The molecule has 0 atom stereocenters. The molecule has 1 aromatic heterocycles. The summed E-state index contributed by atoms with van der Waals surface area (Å²) in [7, 11) is 1.65. The molecule has 0 amide bonds. The highest BCUT2D eigenvalue weighted by Crippen LogP contribution is 2.19. The third-order valence-electron chi connectivity index (χ3n) is 2.40. The molecule has 0 fully saturated rings. The van der Waals surface area contributed by atoms with E-state index in [0.29, 0.717) is 10.8 Å². The molecule has 1 aromatic carbocycles. The van der Waals surface area contributed by atoms with Crippen molar-refractivity contribution in [3.63, 3.8) is 0 Å². The first-order chi connectivity index (χ1) is 9.04. The molecule has 0 saturated carbocycles. The Morgan fingerprint density at radius 2 is 2.11 bits per heavy atom. The molecule has 2 aromatic rings. The molecule has 2 rings (SSSR count). The van der Waals surface area contributed by atoms with Gasteiger partial charge in [0.15, 0.2) is 5.82 Å². The molecule has 0 saturated heterocycles. The lowest BCUT2D eigenvalue weighted by Crippen LogP contribution is -2.29. The maximum Gasteiger partial charge on any atom is 0.323 e. The second kappa shape index (κ2) is 5.66. The van der Waals surface area contributed by atoms with Crippen LogP contribution in [0.3, 0.4) is 0 Å². The molecule has 8 heteroatoms. The van der Waals surface area contributed by atoms with Crippen molar-refractivity contribution in [3.05, 3.63) is 35.1 Å². The van der Waals surface area contributed by atoms with Gasteiger partial charge in [-0.25, -0.2) is 0 Å². The highest BCUT2D eigenvalue weighted by Gasteiger charge is 2.14. The summed E-state index contributed by atoms with van der Waals surface area (Å²) in [5, 5.41) is 21.1.